The van der Waals surface area contributed by atoms with Gasteiger partial charge in [0.15, 0.2) is 5.96 Å². The van der Waals surface area contributed by atoms with Crippen molar-refractivity contribution in [2.45, 2.75) is 32.7 Å². The zero-order chi connectivity index (χ0) is 17.5. The van der Waals surface area contributed by atoms with Crippen LogP contribution in [0.3, 0.4) is 0 Å². The van der Waals surface area contributed by atoms with Gasteiger partial charge in [0, 0.05) is 65.6 Å². The summed E-state index contributed by atoms with van der Waals surface area (Å²) >= 11 is 0. The van der Waals surface area contributed by atoms with Crippen molar-refractivity contribution in [1.29, 1.82) is 0 Å². The molecule has 1 saturated heterocycles. The average molecular weight is 477 g/mol. The van der Waals surface area contributed by atoms with Gasteiger partial charge in [-0.25, -0.2) is 0 Å². The third-order valence-corrected chi connectivity index (χ3v) is 5.24. The fraction of sp³-hybridized carbons (Fsp3) is 0.778. The third-order valence-electron chi connectivity index (χ3n) is 5.24. The lowest BCUT2D eigenvalue weighted by molar-refractivity contribution is 0.167. The molecule has 2 aliphatic rings. The molecule has 0 atom stereocenters. The second-order valence-electron chi connectivity index (χ2n) is 7.17. The Hall–Kier alpha value is -0.870. The fourth-order valence-corrected chi connectivity index (χ4v) is 3.32. The molecule has 8 heteroatoms. The molecule has 1 aliphatic carbocycles. The number of aromatic nitrogens is 1. The average Bonchev–Trinajstić information content (AvgIpc) is 3.22. The number of methoxy groups -OCH3 is 1. The van der Waals surface area contributed by atoms with Gasteiger partial charge in [-0.1, -0.05) is 5.16 Å². The summed E-state index contributed by atoms with van der Waals surface area (Å²) in [7, 11) is 1.78. The Morgan fingerprint density at radius 2 is 2.12 bits per heavy atom. The monoisotopic (exact) mass is 477 g/mol. The lowest BCUT2D eigenvalue weighted by Gasteiger charge is -2.36. The maximum absolute atomic E-state index is 5.25. The third kappa shape index (κ3) is 6.09. The molecule has 1 saturated carbocycles. The van der Waals surface area contributed by atoms with Crippen molar-refractivity contribution in [3.05, 3.63) is 18.0 Å². The van der Waals surface area contributed by atoms with Gasteiger partial charge in [0.25, 0.3) is 0 Å². The summed E-state index contributed by atoms with van der Waals surface area (Å²) in [5.41, 5.74) is 1.40. The number of aliphatic imine (C=N–C) groups is 1. The van der Waals surface area contributed by atoms with Gasteiger partial charge in [0.2, 0.25) is 0 Å². The van der Waals surface area contributed by atoms with Crippen LogP contribution in [0.5, 0.6) is 0 Å². The van der Waals surface area contributed by atoms with E-state index in [4.69, 9.17) is 14.3 Å². The maximum Gasteiger partial charge on any atom is 0.194 e. The molecule has 1 aliphatic heterocycles. The van der Waals surface area contributed by atoms with E-state index < -0.39 is 0 Å². The van der Waals surface area contributed by atoms with E-state index in [1.165, 1.54) is 12.8 Å². The Kier molecular flexibility index (Phi) is 8.62. The Bertz CT molecular complexity index is 540. The van der Waals surface area contributed by atoms with E-state index in [1.54, 1.807) is 13.4 Å². The molecule has 2 heterocycles. The van der Waals surface area contributed by atoms with E-state index in [1.807, 2.05) is 6.07 Å². The smallest absolute Gasteiger partial charge is 0.194 e. The van der Waals surface area contributed by atoms with Crippen LogP contribution in [-0.2, 0) is 11.3 Å². The number of rotatable bonds is 8. The van der Waals surface area contributed by atoms with E-state index >= 15 is 0 Å². The first-order valence-electron chi connectivity index (χ1n) is 9.38. The van der Waals surface area contributed by atoms with Crippen molar-refractivity contribution in [2.24, 2.45) is 10.4 Å². The predicted molar refractivity (Wildman–Crippen MR) is 113 cm³/mol. The zero-order valence-corrected chi connectivity index (χ0v) is 18.3. The van der Waals surface area contributed by atoms with E-state index in [0.717, 1.165) is 70.5 Å². The van der Waals surface area contributed by atoms with Crippen LogP contribution < -0.4 is 5.32 Å². The molecule has 1 aromatic rings. The number of nitrogens with zero attached hydrogens (tertiary/aromatic N) is 4. The number of nitrogens with one attached hydrogen (secondary N) is 1. The van der Waals surface area contributed by atoms with Gasteiger partial charge in [-0.2, -0.15) is 0 Å². The van der Waals surface area contributed by atoms with Gasteiger partial charge in [-0.05, 0) is 31.6 Å². The first-order chi connectivity index (χ1) is 12.2. The van der Waals surface area contributed by atoms with Gasteiger partial charge in [0.1, 0.15) is 6.26 Å². The molecule has 26 heavy (non-hydrogen) atoms. The molecule has 148 valence electrons. The molecule has 1 N–H and O–H groups in total. The molecular formula is C18H32IN5O2. The molecular weight excluding hydrogens is 445 g/mol. The van der Waals surface area contributed by atoms with Crippen LogP contribution in [0.4, 0.5) is 0 Å². The molecule has 1 aromatic heterocycles. The predicted octanol–water partition coefficient (Wildman–Crippen LogP) is 2.19. The van der Waals surface area contributed by atoms with Crippen molar-refractivity contribution in [3.63, 3.8) is 0 Å². The van der Waals surface area contributed by atoms with Crippen molar-refractivity contribution in [3.8, 4) is 0 Å². The zero-order valence-electron chi connectivity index (χ0n) is 15.9. The minimum Gasteiger partial charge on any atom is -0.385 e. The standard InChI is InChI=1S/C18H31N5O2.HI/c1-3-19-17(20-15-18(5-6-18)7-13-24-2)23-10-8-22(9-11-23)14-16-4-12-25-21-16;/h4,12H,3,5-11,13-15H2,1-2H3,(H,19,20);1H. The quantitative estimate of drug-likeness (QED) is 0.352. The largest absolute Gasteiger partial charge is 0.385 e. The molecule has 0 aromatic carbocycles. The van der Waals surface area contributed by atoms with Gasteiger partial charge in [-0.15, -0.1) is 24.0 Å². The number of piperazine rings is 1. The van der Waals surface area contributed by atoms with Gasteiger partial charge >= 0.3 is 0 Å². The summed E-state index contributed by atoms with van der Waals surface area (Å²) < 4.78 is 10.2. The summed E-state index contributed by atoms with van der Waals surface area (Å²) in [5, 5.41) is 7.47. The number of hydrogen-bond acceptors (Lipinski definition) is 5. The van der Waals surface area contributed by atoms with E-state index in [9.17, 15) is 0 Å². The molecule has 0 bridgehead atoms. The Morgan fingerprint density at radius 1 is 1.35 bits per heavy atom. The van der Waals surface area contributed by atoms with Crippen molar-refractivity contribution in [2.75, 3.05) is 53.0 Å². The second-order valence-corrected chi connectivity index (χ2v) is 7.17. The topological polar surface area (TPSA) is 66.1 Å². The summed E-state index contributed by atoms with van der Waals surface area (Å²) in [6, 6.07) is 1.94. The van der Waals surface area contributed by atoms with E-state index in [-0.39, 0.29) is 24.0 Å². The Labute approximate surface area is 173 Å². The van der Waals surface area contributed by atoms with E-state index in [2.05, 4.69) is 27.2 Å². The lowest BCUT2D eigenvalue weighted by atomic mass is 10.0. The molecule has 0 radical (unpaired) electrons. The van der Waals surface area contributed by atoms with Crippen LogP contribution in [0.2, 0.25) is 0 Å². The highest BCUT2D eigenvalue weighted by Crippen LogP contribution is 2.49. The molecule has 2 fully saturated rings. The van der Waals surface area contributed by atoms with Crippen LogP contribution in [0, 0.1) is 5.41 Å². The van der Waals surface area contributed by atoms with Gasteiger partial charge < -0.3 is 19.5 Å². The highest BCUT2D eigenvalue weighted by Gasteiger charge is 2.42. The summed E-state index contributed by atoms with van der Waals surface area (Å²) in [6.07, 6.45) is 5.33. The highest BCUT2D eigenvalue weighted by molar-refractivity contribution is 14.0. The summed E-state index contributed by atoms with van der Waals surface area (Å²) in [4.78, 5) is 9.75. The molecule has 3 rings (SSSR count). The minimum absolute atomic E-state index is 0. The van der Waals surface area contributed by atoms with Crippen molar-refractivity contribution < 1.29 is 9.26 Å². The van der Waals surface area contributed by atoms with Crippen LogP contribution in [-0.4, -0.2) is 73.9 Å². The number of halogens is 1. The van der Waals surface area contributed by atoms with Crippen molar-refractivity contribution in [1.82, 2.24) is 20.3 Å². The Balaban J connectivity index is 0.00000243. The number of ether oxygens (including phenoxy) is 1. The van der Waals surface area contributed by atoms with Gasteiger partial charge in [0.05, 0.1) is 5.69 Å². The lowest BCUT2D eigenvalue weighted by Crippen LogP contribution is -2.52. The molecule has 0 unspecified atom stereocenters. The highest BCUT2D eigenvalue weighted by atomic mass is 127. The first kappa shape index (κ1) is 21.4. The second kappa shape index (κ2) is 10.5. The molecule has 0 spiro atoms. The van der Waals surface area contributed by atoms with Crippen LogP contribution in [0.15, 0.2) is 21.8 Å². The van der Waals surface area contributed by atoms with Crippen LogP contribution in [0.25, 0.3) is 0 Å². The van der Waals surface area contributed by atoms with Gasteiger partial charge in [-0.3, -0.25) is 9.89 Å². The SMILES string of the molecule is CCNC(=NCC1(CCOC)CC1)N1CCN(Cc2ccon2)CC1.I. The summed E-state index contributed by atoms with van der Waals surface area (Å²) in [5.74, 6) is 1.06. The summed E-state index contributed by atoms with van der Waals surface area (Å²) in [6.45, 7) is 9.68. The number of guanidine groups is 1. The minimum atomic E-state index is 0. The van der Waals surface area contributed by atoms with Crippen LogP contribution in [0.1, 0.15) is 31.9 Å². The number of hydrogen-bond donors (Lipinski definition) is 1. The normalized spacial score (nSPS) is 19.9. The Morgan fingerprint density at radius 3 is 2.69 bits per heavy atom. The molecule has 0 amide bonds. The molecule has 7 nitrogen and oxygen atoms in total. The maximum atomic E-state index is 5.25. The fourth-order valence-electron chi connectivity index (χ4n) is 3.32. The van der Waals surface area contributed by atoms with Crippen LogP contribution >= 0.6 is 24.0 Å². The van der Waals surface area contributed by atoms with Crippen molar-refractivity contribution >= 4 is 29.9 Å². The first-order valence-corrected chi connectivity index (χ1v) is 9.38. The van der Waals surface area contributed by atoms with E-state index in [0.29, 0.717) is 5.41 Å².